The molecule has 0 saturated heterocycles. The van der Waals surface area contributed by atoms with Gasteiger partial charge >= 0.3 is 0 Å². The second-order valence-corrected chi connectivity index (χ2v) is 3.80. The maximum atomic E-state index is 11.6. The second-order valence-electron chi connectivity index (χ2n) is 3.80. The zero-order chi connectivity index (χ0) is 12.3. The van der Waals surface area contributed by atoms with Crippen LogP contribution in [0.15, 0.2) is 40.9 Å². The Kier molecular flexibility index (Phi) is 3.23. The second kappa shape index (κ2) is 4.82. The van der Waals surface area contributed by atoms with Gasteiger partial charge in [0.2, 0.25) is 0 Å². The average Bonchev–Trinajstić information content (AvgIpc) is 2.83. The van der Waals surface area contributed by atoms with Crippen molar-refractivity contribution in [3.05, 3.63) is 41.5 Å². The normalized spacial score (nSPS) is 15.9. The first-order chi connectivity index (χ1) is 8.20. The van der Waals surface area contributed by atoms with Crippen LogP contribution in [0.25, 0.3) is 5.76 Å². The number of aliphatic hydroxyl groups is 1. The molecule has 1 aromatic carbocycles. The van der Waals surface area contributed by atoms with Crippen molar-refractivity contribution in [3.63, 3.8) is 0 Å². The van der Waals surface area contributed by atoms with Gasteiger partial charge in [0.05, 0.1) is 6.54 Å². The molecule has 0 spiro atoms. The van der Waals surface area contributed by atoms with Crippen molar-refractivity contribution >= 4 is 17.4 Å². The summed E-state index contributed by atoms with van der Waals surface area (Å²) >= 11 is 0. The third-order valence-electron chi connectivity index (χ3n) is 2.55. The maximum absolute atomic E-state index is 11.6. The van der Waals surface area contributed by atoms with Gasteiger partial charge in [-0.25, -0.2) is 0 Å². The first kappa shape index (κ1) is 11.4. The van der Waals surface area contributed by atoms with Gasteiger partial charge in [-0.2, -0.15) is 0 Å². The number of hydrogen-bond acceptors (Lipinski definition) is 4. The van der Waals surface area contributed by atoms with Gasteiger partial charge in [0.15, 0.2) is 5.78 Å². The Morgan fingerprint density at radius 1 is 1.35 bits per heavy atom. The third-order valence-corrected chi connectivity index (χ3v) is 2.55. The first-order valence-corrected chi connectivity index (χ1v) is 5.48. The molecule has 2 rings (SSSR count). The first-order valence-electron chi connectivity index (χ1n) is 5.48. The number of carbonyl (C=O) groups excluding carboxylic acids is 1. The number of benzene rings is 1. The van der Waals surface area contributed by atoms with Crippen LogP contribution in [-0.2, 0) is 4.79 Å². The number of hydrogen-bond donors (Lipinski definition) is 2. The highest BCUT2D eigenvalue weighted by atomic mass is 16.3. The minimum atomic E-state index is -0.195. The summed E-state index contributed by atoms with van der Waals surface area (Å²) in [5.74, 6) is 0.268. The number of nitrogens with zero attached hydrogens (tertiary/aromatic N) is 1. The van der Waals surface area contributed by atoms with Crippen molar-refractivity contribution in [3.8, 4) is 0 Å². The van der Waals surface area contributed by atoms with E-state index in [0.717, 1.165) is 0 Å². The fraction of sp³-hybridized carbons (Fsp3) is 0.231. The van der Waals surface area contributed by atoms with Crippen molar-refractivity contribution in [1.82, 2.24) is 5.32 Å². The smallest absolute Gasteiger partial charge is 0.167 e. The molecule has 88 valence electrons. The van der Waals surface area contributed by atoms with Gasteiger partial charge in [-0.3, -0.25) is 9.79 Å². The van der Waals surface area contributed by atoms with E-state index in [9.17, 15) is 9.90 Å². The number of amidine groups is 1. The highest BCUT2D eigenvalue weighted by molar-refractivity contribution is 6.25. The number of rotatable bonds is 3. The predicted molar refractivity (Wildman–Crippen MR) is 67.0 cm³/mol. The highest BCUT2D eigenvalue weighted by Crippen LogP contribution is 2.18. The van der Waals surface area contributed by atoms with E-state index in [1.54, 1.807) is 12.1 Å². The van der Waals surface area contributed by atoms with Crippen LogP contribution in [0, 0.1) is 0 Å². The molecule has 1 aliphatic rings. The molecule has 0 unspecified atom stereocenters. The molecule has 1 aliphatic heterocycles. The monoisotopic (exact) mass is 230 g/mol. The minimum Gasteiger partial charge on any atom is -0.506 e. The van der Waals surface area contributed by atoms with Crippen LogP contribution >= 0.6 is 0 Å². The number of carbonyl (C=O) groups is 1. The fourth-order valence-corrected chi connectivity index (χ4v) is 1.75. The van der Waals surface area contributed by atoms with Crippen LogP contribution in [0.1, 0.15) is 12.5 Å². The summed E-state index contributed by atoms with van der Waals surface area (Å²) in [5, 5.41) is 13.1. The Balaban J connectivity index is 2.47. The molecular weight excluding hydrogens is 216 g/mol. The summed E-state index contributed by atoms with van der Waals surface area (Å²) in [4.78, 5) is 15.8. The molecule has 4 heteroatoms. The Morgan fingerprint density at radius 3 is 2.59 bits per heavy atom. The number of aliphatic imine (C=N–C) groups is 1. The van der Waals surface area contributed by atoms with Gasteiger partial charge in [0.1, 0.15) is 17.2 Å². The van der Waals surface area contributed by atoms with E-state index >= 15 is 0 Å². The maximum Gasteiger partial charge on any atom is 0.167 e. The largest absolute Gasteiger partial charge is 0.506 e. The average molecular weight is 230 g/mol. The van der Waals surface area contributed by atoms with Crippen LogP contribution in [0.2, 0.25) is 0 Å². The lowest BCUT2D eigenvalue weighted by Crippen LogP contribution is -2.25. The number of nitrogens with one attached hydrogen (secondary N) is 1. The molecule has 1 aromatic rings. The molecule has 4 nitrogen and oxygen atoms in total. The van der Waals surface area contributed by atoms with Gasteiger partial charge in [0.25, 0.3) is 0 Å². The molecule has 0 bridgehead atoms. The zero-order valence-corrected chi connectivity index (χ0v) is 9.60. The van der Waals surface area contributed by atoms with E-state index in [2.05, 4.69) is 10.3 Å². The van der Waals surface area contributed by atoms with Gasteiger partial charge < -0.3 is 10.4 Å². The van der Waals surface area contributed by atoms with E-state index < -0.39 is 0 Å². The van der Waals surface area contributed by atoms with Crippen molar-refractivity contribution < 1.29 is 9.90 Å². The minimum absolute atomic E-state index is 0.0220. The lowest BCUT2D eigenvalue weighted by molar-refractivity contribution is -0.113. The van der Waals surface area contributed by atoms with Crippen LogP contribution < -0.4 is 5.32 Å². The lowest BCUT2D eigenvalue weighted by Gasteiger charge is -2.08. The Hall–Kier alpha value is -2.10. The number of aliphatic hydroxyl groups excluding tert-OH is 1. The van der Waals surface area contributed by atoms with Crippen LogP contribution in [0.4, 0.5) is 0 Å². The highest BCUT2D eigenvalue weighted by Gasteiger charge is 2.20. The van der Waals surface area contributed by atoms with Crippen LogP contribution in [0.5, 0.6) is 0 Å². The molecule has 0 amide bonds. The lowest BCUT2D eigenvalue weighted by atomic mass is 10.0. The number of ketones is 1. The molecule has 2 N–H and O–H groups in total. The van der Waals surface area contributed by atoms with Crippen LogP contribution in [0.3, 0.4) is 0 Å². The molecule has 0 radical (unpaired) electrons. The summed E-state index contributed by atoms with van der Waals surface area (Å²) in [6.45, 7) is 2.76. The van der Waals surface area contributed by atoms with E-state index in [1.807, 2.05) is 18.2 Å². The molecule has 1 heterocycles. The summed E-state index contributed by atoms with van der Waals surface area (Å²) in [6.07, 6.45) is 0. The summed E-state index contributed by atoms with van der Waals surface area (Å²) in [7, 11) is 0. The van der Waals surface area contributed by atoms with E-state index in [4.69, 9.17) is 0 Å². The van der Waals surface area contributed by atoms with Crippen molar-refractivity contribution in [1.29, 1.82) is 0 Å². The summed E-state index contributed by atoms with van der Waals surface area (Å²) in [6, 6.07) is 9.00. The van der Waals surface area contributed by atoms with Gasteiger partial charge in [-0.1, -0.05) is 30.3 Å². The van der Waals surface area contributed by atoms with Crippen LogP contribution in [-0.4, -0.2) is 29.8 Å². The summed E-state index contributed by atoms with van der Waals surface area (Å²) in [5.41, 5.74) is 0.878. The summed E-state index contributed by atoms with van der Waals surface area (Å²) < 4.78 is 0. The molecular formula is C13H14N2O2. The molecule has 0 aliphatic carbocycles. The molecule has 0 saturated carbocycles. The molecule has 0 aromatic heterocycles. The Bertz CT molecular complexity index is 489. The number of Topliss-reactive ketones (excluding diaryl/α,β-unsaturated/α-hetero) is 1. The fourth-order valence-electron chi connectivity index (χ4n) is 1.75. The van der Waals surface area contributed by atoms with Crippen molar-refractivity contribution in [2.45, 2.75) is 6.92 Å². The SMILES string of the molecule is CC(=O)/C(C1=NCCN1)=C(/O)c1ccccc1. The zero-order valence-electron chi connectivity index (χ0n) is 9.60. The quantitative estimate of drug-likeness (QED) is 0.611. The molecule has 0 atom stereocenters. The standard InChI is InChI=1S/C13H14N2O2/c1-9(16)11(13-14-7-8-15-13)12(17)10-5-3-2-4-6-10/h2-6,17H,7-8H2,1H3,(H,14,15)/b12-11-. The van der Waals surface area contributed by atoms with Crippen molar-refractivity contribution in [2.24, 2.45) is 4.99 Å². The molecule has 0 fully saturated rings. The van der Waals surface area contributed by atoms with E-state index in [0.29, 0.717) is 24.5 Å². The Morgan fingerprint density at radius 2 is 2.06 bits per heavy atom. The predicted octanol–water partition coefficient (Wildman–Crippen LogP) is 1.55. The topological polar surface area (TPSA) is 61.7 Å². The molecule has 17 heavy (non-hydrogen) atoms. The van der Waals surface area contributed by atoms with Gasteiger partial charge in [-0.15, -0.1) is 0 Å². The third kappa shape index (κ3) is 2.36. The van der Waals surface area contributed by atoms with Gasteiger partial charge in [-0.05, 0) is 6.92 Å². The van der Waals surface area contributed by atoms with E-state index in [1.165, 1.54) is 6.92 Å². The van der Waals surface area contributed by atoms with Crippen molar-refractivity contribution in [2.75, 3.05) is 13.1 Å². The van der Waals surface area contributed by atoms with E-state index in [-0.39, 0.29) is 17.1 Å². The van der Waals surface area contributed by atoms with Gasteiger partial charge in [0, 0.05) is 12.1 Å². The Labute approximate surface area is 99.7 Å².